The van der Waals surface area contributed by atoms with Gasteiger partial charge in [0.2, 0.25) is 5.69 Å². The Hall–Kier alpha value is -2.41. The second-order valence-corrected chi connectivity index (χ2v) is 12.6. The van der Waals surface area contributed by atoms with Gasteiger partial charge < -0.3 is 0 Å². The molecule has 1 heterocycles. The van der Waals surface area contributed by atoms with Gasteiger partial charge in [0.05, 0.1) is 11.0 Å². The van der Waals surface area contributed by atoms with E-state index in [1.54, 1.807) is 22.3 Å². The minimum Gasteiger partial charge on any atom is -0.200 e. The van der Waals surface area contributed by atoms with Gasteiger partial charge in [0.15, 0.2) is 6.20 Å². The van der Waals surface area contributed by atoms with Crippen LogP contribution in [0, 0.1) is 12.8 Å². The first-order valence-corrected chi connectivity index (χ1v) is 15.0. The zero-order chi connectivity index (χ0) is 24.2. The lowest BCUT2D eigenvalue weighted by molar-refractivity contribution is -0.672. The molecule has 0 N–H and O–H groups in total. The van der Waals surface area contributed by atoms with Gasteiger partial charge in [-0.1, -0.05) is 75.6 Å². The summed E-state index contributed by atoms with van der Waals surface area (Å²) in [7, 11) is 2.25. The summed E-state index contributed by atoms with van der Waals surface area (Å²) in [5.74, 6) is 2.41. The molecule has 0 atom stereocenters. The molecule has 1 heteroatoms. The van der Waals surface area contributed by atoms with Gasteiger partial charge in [-0.25, -0.2) is 4.57 Å². The normalized spacial score (nSPS) is 20.8. The predicted octanol–water partition coefficient (Wildman–Crippen LogP) is 8.92. The van der Waals surface area contributed by atoms with Gasteiger partial charge in [-0.05, 0) is 102 Å². The van der Waals surface area contributed by atoms with Crippen LogP contribution in [0.3, 0.4) is 0 Å². The Morgan fingerprint density at radius 2 is 1.50 bits per heavy atom. The molecule has 0 saturated heterocycles. The first kappa shape index (κ1) is 22.8. The van der Waals surface area contributed by atoms with Crippen molar-refractivity contribution in [3.05, 3.63) is 75.6 Å². The van der Waals surface area contributed by atoms with E-state index in [1.807, 2.05) is 0 Å². The third-order valence-corrected chi connectivity index (χ3v) is 10.3. The van der Waals surface area contributed by atoms with Crippen LogP contribution in [0.2, 0.25) is 0 Å². The first-order chi connectivity index (χ1) is 17.7. The third-order valence-electron chi connectivity index (χ3n) is 10.3. The van der Waals surface area contributed by atoms with E-state index in [-0.39, 0.29) is 0 Å². The highest BCUT2D eigenvalue weighted by Gasteiger charge is 2.31. The van der Waals surface area contributed by atoms with E-state index in [0.717, 1.165) is 17.8 Å². The summed E-state index contributed by atoms with van der Waals surface area (Å²) in [5, 5.41) is 2.90. The maximum atomic E-state index is 2.65. The molecule has 0 amide bonds. The Balaban J connectivity index is 1.37. The lowest BCUT2D eigenvalue weighted by atomic mass is 9.83. The molecule has 1 aromatic heterocycles. The summed E-state index contributed by atoms with van der Waals surface area (Å²) in [6.07, 6.45) is 22.9. The van der Waals surface area contributed by atoms with Crippen molar-refractivity contribution in [1.82, 2.24) is 0 Å². The SMILES string of the molecule is Cc1c(C2=Cc3cc(CC4CCCC4)cc4cc[n+](C)c2c34)cc(C2CCCC2)cc1C1CCCC1. The van der Waals surface area contributed by atoms with Crippen LogP contribution in [-0.4, -0.2) is 0 Å². The fourth-order valence-corrected chi connectivity index (χ4v) is 8.33. The van der Waals surface area contributed by atoms with E-state index in [4.69, 9.17) is 0 Å². The van der Waals surface area contributed by atoms with Crippen LogP contribution in [0.1, 0.15) is 128 Å². The minimum absolute atomic E-state index is 0.761. The zero-order valence-electron chi connectivity index (χ0n) is 22.4. The Kier molecular flexibility index (Phi) is 5.79. The molecule has 7 rings (SSSR count). The van der Waals surface area contributed by atoms with Crippen LogP contribution in [0.5, 0.6) is 0 Å². The molecule has 4 aliphatic carbocycles. The van der Waals surface area contributed by atoms with E-state index >= 15 is 0 Å². The van der Waals surface area contributed by atoms with Gasteiger partial charge in [0, 0.05) is 6.07 Å². The van der Waals surface area contributed by atoms with Crippen molar-refractivity contribution in [2.45, 2.75) is 102 Å². The molecule has 2 aromatic carbocycles. The number of aryl methyl sites for hydroxylation is 1. The van der Waals surface area contributed by atoms with Crippen molar-refractivity contribution in [2.75, 3.05) is 0 Å². The van der Waals surface area contributed by atoms with E-state index < -0.39 is 0 Å². The van der Waals surface area contributed by atoms with Gasteiger partial charge in [0.1, 0.15) is 7.05 Å². The van der Waals surface area contributed by atoms with E-state index in [0.29, 0.717) is 0 Å². The topological polar surface area (TPSA) is 3.88 Å². The molecular weight excluding hydrogens is 434 g/mol. The van der Waals surface area contributed by atoms with Crippen LogP contribution < -0.4 is 4.57 Å². The summed E-state index contributed by atoms with van der Waals surface area (Å²) in [6, 6.07) is 12.6. The van der Waals surface area contributed by atoms with Crippen molar-refractivity contribution in [3.63, 3.8) is 0 Å². The average molecular weight is 477 g/mol. The number of benzene rings is 2. The van der Waals surface area contributed by atoms with Crippen molar-refractivity contribution >= 4 is 22.4 Å². The molecule has 1 nitrogen and oxygen atoms in total. The maximum Gasteiger partial charge on any atom is 0.221 e. The monoisotopic (exact) mass is 476 g/mol. The molecular formula is C35H42N+. The minimum atomic E-state index is 0.761. The highest BCUT2D eigenvalue weighted by molar-refractivity contribution is 6.11. The average Bonchev–Trinajstić information content (AvgIpc) is 3.69. The number of nitrogens with zero attached hydrogens (tertiary/aromatic N) is 1. The van der Waals surface area contributed by atoms with Crippen molar-refractivity contribution in [1.29, 1.82) is 0 Å². The Labute approximate surface area is 217 Å². The molecule has 0 unspecified atom stereocenters. The molecule has 4 aliphatic rings. The lowest BCUT2D eigenvalue weighted by Crippen LogP contribution is -2.32. The summed E-state index contributed by atoms with van der Waals surface area (Å²) >= 11 is 0. The summed E-state index contributed by atoms with van der Waals surface area (Å²) in [5.41, 5.74) is 12.2. The number of pyridine rings is 1. The standard InChI is InChI=1S/C35H42N/c1-23-31(27-13-7-8-14-27)20-29(26-11-5-6-12-26)21-32(23)33-22-30-19-25(17-24-9-3-4-10-24)18-28-15-16-36(2)35(33)34(28)30/h15-16,18-22,24,26-27H,3-14,17H2,1-2H3/q+1. The number of hydrogen-bond donors (Lipinski definition) is 0. The smallest absolute Gasteiger partial charge is 0.200 e. The molecule has 3 aromatic rings. The van der Waals surface area contributed by atoms with Crippen molar-refractivity contribution < 1.29 is 4.57 Å². The molecule has 36 heavy (non-hydrogen) atoms. The highest BCUT2D eigenvalue weighted by Crippen LogP contribution is 2.46. The van der Waals surface area contributed by atoms with Crippen molar-refractivity contribution in [3.8, 4) is 0 Å². The number of hydrogen-bond acceptors (Lipinski definition) is 0. The van der Waals surface area contributed by atoms with Gasteiger partial charge >= 0.3 is 0 Å². The summed E-state index contributed by atoms with van der Waals surface area (Å²) in [4.78, 5) is 0. The first-order valence-electron chi connectivity index (χ1n) is 15.0. The van der Waals surface area contributed by atoms with Crippen LogP contribution in [0.4, 0.5) is 0 Å². The molecule has 3 saturated carbocycles. The summed E-state index contributed by atoms with van der Waals surface area (Å²) in [6.45, 7) is 2.43. The summed E-state index contributed by atoms with van der Waals surface area (Å²) < 4.78 is 2.39. The predicted molar refractivity (Wildman–Crippen MR) is 151 cm³/mol. The van der Waals surface area contributed by atoms with Gasteiger partial charge in [-0.2, -0.15) is 0 Å². The molecule has 3 fully saturated rings. The molecule has 186 valence electrons. The van der Waals surface area contributed by atoms with Crippen LogP contribution in [0.15, 0.2) is 36.5 Å². The van der Waals surface area contributed by atoms with Crippen LogP contribution >= 0.6 is 0 Å². The van der Waals surface area contributed by atoms with Gasteiger partial charge in [-0.3, -0.25) is 0 Å². The fraction of sp³-hybridized carbons (Fsp3) is 0.514. The highest BCUT2D eigenvalue weighted by atomic mass is 14.9. The van der Waals surface area contributed by atoms with E-state index in [9.17, 15) is 0 Å². The fourth-order valence-electron chi connectivity index (χ4n) is 8.33. The quantitative estimate of drug-likeness (QED) is 0.253. The lowest BCUT2D eigenvalue weighted by Gasteiger charge is -2.21. The van der Waals surface area contributed by atoms with Gasteiger partial charge in [-0.15, -0.1) is 0 Å². The van der Waals surface area contributed by atoms with E-state index in [2.05, 4.69) is 61.1 Å². The molecule has 0 spiro atoms. The number of rotatable bonds is 5. The number of aromatic nitrogens is 1. The van der Waals surface area contributed by atoms with Crippen molar-refractivity contribution in [2.24, 2.45) is 13.0 Å². The van der Waals surface area contributed by atoms with Crippen LogP contribution in [0.25, 0.3) is 22.4 Å². The molecule has 0 aliphatic heterocycles. The molecule has 0 radical (unpaired) electrons. The third kappa shape index (κ3) is 3.85. The largest absolute Gasteiger partial charge is 0.221 e. The zero-order valence-corrected chi connectivity index (χ0v) is 22.4. The molecule has 0 bridgehead atoms. The van der Waals surface area contributed by atoms with Crippen LogP contribution in [-0.2, 0) is 13.5 Å². The second kappa shape index (κ2) is 9.16. The Bertz CT molecular complexity index is 1340. The van der Waals surface area contributed by atoms with Gasteiger partial charge in [0.25, 0.3) is 0 Å². The Morgan fingerprint density at radius 3 is 2.25 bits per heavy atom. The maximum absolute atomic E-state index is 2.65. The van der Waals surface area contributed by atoms with E-state index in [1.165, 1.54) is 117 Å². The Morgan fingerprint density at radius 1 is 0.806 bits per heavy atom. The second-order valence-electron chi connectivity index (χ2n) is 12.6.